The molecule has 0 fully saturated rings. The van der Waals surface area contributed by atoms with Gasteiger partial charge in [-0.2, -0.15) is 5.26 Å². The van der Waals surface area contributed by atoms with Crippen molar-refractivity contribution in [1.29, 1.82) is 5.26 Å². The molecular weight excluding hydrogens is 326 g/mol. The molecule has 1 aromatic heterocycles. The van der Waals surface area contributed by atoms with E-state index in [0.29, 0.717) is 0 Å². The molecule has 7 heteroatoms. The van der Waals surface area contributed by atoms with Gasteiger partial charge < -0.3 is 4.57 Å². The summed E-state index contributed by atoms with van der Waals surface area (Å²) < 4.78 is 2.06. The molecule has 2 rings (SSSR count). The maximum absolute atomic E-state index is 12.0. The zero-order chi connectivity index (χ0) is 14.7. The molecule has 100 valence electrons. The third-order valence-electron chi connectivity index (χ3n) is 2.67. The van der Waals surface area contributed by atoms with Crippen LogP contribution in [0.2, 0.25) is 0 Å². The van der Waals surface area contributed by atoms with E-state index in [2.05, 4.69) is 15.9 Å². The number of aromatic nitrogens is 1. The quantitative estimate of drug-likeness (QED) is 0.637. The van der Waals surface area contributed by atoms with E-state index in [1.807, 2.05) is 12.1 Å². The van der Waals surface area contributed by atoms with Gasteiger partial charge in [0.2, 0.25) is 0 Å². The highest BCUT2D eigenvalue weighted by Crippen LogP contribution is 2.13. The number of benzene rings is 1. The molecule has 0 aliphatic carbocycles. The average molecular weight is 334 g/mol. The smallest absolute Gasteiger partial charge is 0.287 e. The summed E-state index contributed by atoms with van der Waals surface area (Å²) in [7, 11) is 0. The molecule has 2 aromatic rings. The van der Waals surface area contributed by atoms with Gasteiger partial charge in [0, 0.05) is 10.5 Å². The summed E-state index contributed by atoms with van der Waals surface area (Å²) in [6.45, 7) is 0.169. The van der Waals surface area contributed by atoms with E-state index in [4.69, 9.17) is 5.26 Å². The molecule has 0 radical (unpaired) electrons. The maximum atomic E-state index is 12.0. The van der Waals surface area contributed by atoms with Crippen LogP contribution in [0, 0.1) is 21.4 Å². The fraction of sp³-hybridized carbons (Fsp3) is 0.0769. The highest BCUT2D eigenvalue weighted by molar-refractivity contribution is 9.10. The Morgan fingerprint density at radius 3 is 2.55 bits per heavy atom. The van der Waals surface area contributed by atoms with Gasteiger partial charge in [0.15, 0.2) is 0 Å². The lowest BCUT2D eigenvalue weighted by atomic mass is 10.2. The van der Waals surface area contributed by atoms with Crippen molar-refractivity contribution in [1.82, 2.24) is 4.57 Å². The second kappa shape index (κ2) is 5.67. The summed E-state index contributed by atoms with van der Waals surface area (Å²) in [6, 6.07) is 9.87. The first kappa shape index (κ1) is 14.0. The van der Waals surface area contributed by atoms with E-state index in [1.165, 1.54) is 4.57 Å². The van der Waals surface area contributed by atoms with Gasteiger partial charge in [0.1, 0.15) is 11.6 Å². The van der Waals surface area contributed by atoms with Gasteiger partial charge in [-0.05, 0) is 17.7 Å². The van der Waals surface area contributed by atoms with E-state index in [0.717, 1.165) is 22.3 Å². The van der Waals surface area contributed by atoms with Crippen molar-refractivity contribution < 1.29 is 4.92 Å². The van der Waals surface area contributed by atoms with Crippen LogP contribution in [0.1, 0.15) is 11.1 Å². The molecule has 20 heavy (non-hydrogen) atoms. The number of nitrogens with zero attached hydrogens (tertiary/aromatic N) is 3. The number of hydrogen-bond acceptors (Lipinski definition) is 4. The van der Waals surface area contributed by atoms with Gasteiger partial charge in [-0.15, -0.1) is 0 Å². The van der Waals surface area contributed by atoms with Crippen LogP contribution in [0.3, 0.4) is 0 Å². The number of rotatable bonds is 3. The van der Waals surface area contributed by atoms with Crippen molar-refractivity contribution in [3.05, 3.63) is 72.6 Å². The van der Waals surface area contributed by atoms with Gasteiger partial charge in [-0.1, -0.05) is 28.1 Å². The third kappa shape index (κ3) is 2.92. The van der Waals surface area contributed by atoms with Crippen LogP contribution in [-0.2, 0) is 6.54 Å². The number of hydrogen-bond donors (Lipinski definition) is 0. The number of pyridine rings is 1. The van der Waals surface area contributed by atoms with E-state index < -0.39 is 10.5 Å². The molecule has 0 saturated carbocycles. The predicted octanol–water partition coefficient (Wildman–Crippen LogP) is 2.44. The Balaban J connectivity index is 2.48. The second-order valence-electron chi connectivity index (χ2n) is 4.04. The van der Waals surface area contributed by atoms with Crippen molar-refractivity contribution >= 4 is 21.6 Å². The van der Waals surface area contributed by atoms with E-state index in [-0.39, 0.29) is 17.8 Å². The Bertz CT molecular complexity index is 760. The number of halogens is 1. The fourth-order valence-electron chi connectivity index (χ4n) is 1.70. The van der Waals surface area contributed by atoms with Crippen LogP contribution < -0.4 is 5.56 Å². The van der Waals surface area contributed by atoms with E-state index in [1.54, 1.807) is 18.2 Å². The molecule has 0 saturated heterocycles. The maximum Gasteiger partial charge on any atom is 0.287 e. The number of nitro groups is 1. The summed E-state index contributed by atoms with van der Waals surface area (Å²) in [5.74, 6) is 0. The SMILES string of the molecule is N#Cc1cc([N+](=O)[O-])cn(Cc2ccc(Br)cc2)c1=O. The molecule has 0 N–H and O–H groups in total. The Labute approximate surface area is 122 Å². The topological polar surface area (TPSA) is 88.9 Å². The zero-order valence-corrected chi connectivity index (χ0v) is 11.7. The first-order valence-electron chi connectivity index (χ1n) is 5.54. The minimum Gasteiger partial charge on any atom is -0.303 e. The van der Waals surface area contributed by atoms with Crippen LogP contribution >= 0.6 is 15.9 Å². The highest BCUT2D eigenvalue weighted by atomic mass is 79.9. The molecule has 0 spiro atoms. The molecule has 1 aromatic carbocycles. The summed E-state index contributed by atoms with van der Waals surface area (Å²) >= 11 is 3.30. The summed E-state index contributed by atoms with van der Waals surface area (Å²) in [4.78, 5) is 22.1. The summed E-state index contributed by atoms with van der Waals surface area (Å²) in [6.07, 6.45) is 1.14. The lowest BCUT2D eigenvalue weighted by Gasteiger charge is -2.06. The molecule has 0 aliphatic rings. The van der Waals surface area contributed by atoms with Crippen molar-refractivity contribution in [2.24, 2.45) is 0 Å². The lowest BCUT2D eigenvalue weighted by Crippen LogP contribution is -2.23. The Morgan fingerprint density at radius 2 is 2.00 bits per heavy atom. The largest absolute Gasteiger partial charge is 0.303 e. The van der Waals surface area contributed by atoms with Crippen molar-refractivity contribution in [2.45, 2.75) is 6.54 Å². The van der Waals surface area contributed by atoms with Gasteiger partial charge in [0.05, 0.1) is 17.7 Å². The molecule has 6 nitrogen and oxygen atoms in total. The minimum absolute atomic E-state index is 0.169. The molecule has 0 amide bonds. The molecular formula is C13H8BrN3O3. The molecule has 0 bridgehead atoms. The zero-order valence-electron chi connectivity index (χ0n) is 10.1. The monoisotopic (exact) mass is 333 g/mol. The number of nitriles is 1. The van der Waals surface area contributed by atoms with E-state index in [9.17, 15) is 14.9 Å². The fourth-order valence-corrected chi connectivity index (χ4v) is 1.97. The van der Waals surface area contributed by atoms with Crippen molar-refractivity contribution in [3.63, 3.8) is 0 Å². The lowest BCUT2D eigenvalue weighted by molar-refractivity contribution is -0.385. The molecule has 1 heterocycles. The first-order chi connectivity index (χ1) is 9.51. The second-order valence-corrected chi connectivity index (χ2v) is 4.96. The Kier molecular flexibility index (Phi) is 3.96. The summed E-state index contributed by atoms with van der Waals surface area (Å²) in [5, 5.41) is 19.7. The first-order valence-corrected chi connectivity index (χ1v) is 6.34. The van der Waals surface area contributed by atoms with Gasteiger partial charge in [-0.3, -0.25) is 14.9 Å². The van der Waals surface area contributed by atoms with Crippen LogP contribution in [0.4, 0.5) is 5.69 Å². The minimum atomic E-state index is -0.627. The van der Waals surface area contributed by atoms with Crippen LogP contribution in [0.5, 0.6) is 0 Å². The standard InChI is InChI=1S/C13H8BrN3O3/c14-11-3-1-9(2-4-11)7-16-8-12(17(19)20)5-10(6-15)13(16)18/h1-5,8H,7H2. The summed E-state index contributed by atoms with van der Waals surface area (Å²) in [5.41, 5.74) is -0.254. The van der Waals surface area contributed by atoms with Crippen LogP contribution in [0.15, 0.2) is 45.8 Å². The molecule has 0 unspecified atom stereocenters. The Hall–Kier alpha value is -2.46. The van der Waals surface area contributed by atoms with Crippen LogP contribution in [-0.4, -0.2) is 9.49 Å². The molecule has 0 aliphatic heterocycles. The average Bonchev–Trinajstić information content (AvgIpc) is 2.43. The van der Waals surface area contributed by atoms with E-state index >= 15 is 0 Å². The van der Waals surface area contributed by atoms with Gasteiger partial charge in [-0.25, -0.2) is 0 Å². The third-order valence-corrected chi connectivity index (χ3v) is 3.20. The van der Waals surface area contributed by atoms with Gasteiger partial charge >= 0.3 is 0 Å². The van der Waals surface area contributed by atoms with Gasteiger partial charge in [0.25, 0.3) is 11.2 Å². The van der Waals surface area contributed by atoms with Crippen LogP contribution in [0.25, 0.3) is 0 Å². The van der Waals surface area contributed by atoms with Crippen molar-refractivity contribution in [2.75, 3.05) is 0 Å². The highest BCUT2D eigenvalue weighted by Gasteiger charge is 2.13. The molecule has 0 atom stereocenters. The Morgan fingerprint density at radius 1 is 1.35 bits per heavy atom. The van der Waals surface area contributed by atoms with Crippen molar-refractivity contribution in [3.8, 4) is 6.07 Å². The normalized spacial score (nSPS) is 10.0. The predicted molar refractivity (Wildman–Crippen MR) is 75.3 cm³/mol.